The number of nitrogens with zero attached hydrogens (tertiary/aromatic N) is 2. The van der Waals surface area contributed by atoms with Crippen molar-refractivity contribution >= 4 is 27.5 Å². The minimum absolute atomic E-state index is 0.252. The number of ether oxygens (including phenoxy) is 1. The first kappa shape index (κ1) is 15.5. The molecule has 3 N–H and O–H groups in total. The van der Waals surface area contributed by atoms with E-state index in [9.17, 15) is 0 Å². The highest BCUT2D eigenvalue weighted by Crippen LogP contribution is 2.31. The van der Waals surface area contributed by atoms with Crippen LogP contribution in [0.15, 0.2) is 34.9 Å². The average Bonchev–Trinajstić information content (AvgIpc) is 2.81. The van der Waals surface area contributed by atoms with Gasteiger partial charge in [0.2, 0.25) is 0 Å². The van der Waals surface area contributed by atoms with Gasteiger partial charge in [0.1, 0.15) is 0 Å². The van der Waals surface area contributed by atoms with Crippen LogP contribution in [0.1, 0.15) is 17.3 Å². The van der Waals surface area contributed by atoms with Crippen LogP contribution in [0.25, 0.3) is 0 Å². The zero-order valence-corrected chi connectivity index (χ0v) is 13.4. The number of aromatic nitrogens is 2. The Balaban J connectivity index is 2.42. The van der Waals surface area contributed by atoms with Crippen molar-refractivity contribution in [1.82, 2.24) is 15.2 Å². The summed E-state index contributed by atoms with van der Waals surface area (Å²) in [6, 6.07) is 7.33. The molecule has 2 aromatic rings. The Kier molecular flexibility index (Phi) is 5.56. The van der Waals surface area contributed by atoms with Gasteiger partial charge >= 0.3 is 0 Å². The van der Waals surface area contributed by atoms with Crippen LogP contribution < -0.4 is 11.3 Å². The smallest absolute Gasteiger partial charge is 0.0904 e. The van der Waals surface area contributed by atoms with E-state index in [4.69, 9.17) is 22.2 Å². The summed E-state index contributed by atoms with van der Waals surface area (Å²) in [7, 11) is 1.66. The molecule has 7 heteroatoms. The Labute approximate surface area is 131 Å². The summed E-state index contributed by atoms with van der Waals surface area (Å²) in [6.45, 7) is 1.21. The standard InChI is InChI=1S/C13H16BrClN4O/c1-20-7-6-19-13(10(14)8-17-19)12(18-16)9-4-2-3-5-11(9)15/h2-5,8,12,18H,6-7,16H2,1H3. The molecule has 0 fully saturated rings. The SMILES string of the molecule is COCCn1ncc(Br)c1C(NN)c1ccccc1Cl. The highest BCUT2D eigenvalue weighted by Gasteiger charge is 2.22. The number of halogens is 2. The van der Waals surface area contributed by atoms with Gasteiger partial charge in [-0.1, -0.05) is 29.8 Å². The molecule has 2 rings (SSSR count). The zero-order valence-electron chi connectivity index (χ0n) is 11.0. The van der Waals surface area contributed by atoms with Gasteiger partial charge in [-0.15, -0.1) is 0 Å². The molecule has 20 heavy (non-hydrogen) atoms. The number of hydrazine groups is 1. The molecule has 0 aliphatic carbocycles. The van der Waals surface area contributed by atoms with Crippen LogP contribution in [-0.2, 0) is 11.3 Å². The number of hydrogen-bond donors (Lipinski definition) is 2. The Morgan fingerprint density at radius 2 is 2.25 bits per heavy atom. The van der Waals surface area contributed by atoms with Crippen LogP contribution in [-0.4, -0.2) is 23.5 Å². The van der Waals surface area contributed by atoms with E-state index >= 15 is 0 Å². The van der Waals surface area contributed by atoms with E-state index in [2.05, 4.69) is 26.5 Å². The molecular weight excluding hydrogens is 344 g/mol. The predicted octanol–water partition coefficient (Wildman–Crippen LogP) is 2.50. The molecule has 0 saturated carbocycles. The van der Waals surface area contributed by atoms with Crippen molar-refractivity contribution in [3.8, 4) is 0 Å². The summed E-state index contributed by atoms with van der Waals surface area (Å²) in [6.07, 6.45) is 1.74. The van der Waals surface area contributed by atoms with Crippen LogP contribution in [0.4, 0.5) is 0 Å². The minimum Gasteiger partial charge on any atom is -0.383 e. The van der Waals surface area contributed by atoms with Gasteiger partial charge in [-0.25, -0.2) is 5.43 Å². The largest absolute Gasteiger partial charge is 0.383 e. The fourth-order valence-electron chi connectivity index (χ4n) is 2.04. The summed E-state index contributed by atoms with van der Waals surface area (Å²) in [5.41, 5.74) is 4.62. The molecule has 5 nitrogen and oxygen atoms in total. The molecule has 108 valence electrons. The van der Waals surface area contributed by atoms with Gasteiger partial charge in [0.15, 0.2) is 0 Å². The molecule has 0 aliphatic rings. The lowest BCUT2D eigenvalue weighted by Crippen LogP contribution is -2.31. The van der Waals surface area contributed by atoms with Crippen molar-refractivity contribution in [2.45, 2.75) is 12.6 Å². The van der Waals surface area contributed by atoms with Crippen LogP contribution in [0, 0.1) is 0 Å². The maximum absolute atomic E-state index is 6.26. The molecule has 1 atom stereocenters. The minimum atomic E-state index is -0.252. The Bertz CT molecular complexity index is 575. The van der Waals surface area contributed by atoms with Crippen LogP contribution in [0.3, 0.4) is 0 Å². The first-order valence-electron chi connectivity index (χ1n) is 6.09. The van der Waals surface area contributed by atoms with Gasteiger partial charge < -0.3 is 4.74 Å². The van der Waals surface area contributed by atoms with Crippen LogP contribution in [0.2, 0.25) is 5.02 Å². The van der Waals surface area contributed by atoms with E-state index in [1.165, 1.54) is 0 Å². The number of rotatable bonds is 6. The molecule has 0 spiro atoms. The highest BCUT2D eigenvalue weighted by molar-refractivity contribution is 9.10. The molecule has 1 aromatic carbocycles. The molecule has 0 aliphatic heterocycles. The van der Waals surface area contributed by atoms with Crippen molar-refractivity contribution < 1.29 is 4.74 Å². The molecule has 1 aromatic heterocycles. The molecular formula is C13H16BrClN4O. The van der Waals surface area contributed by atoms with Gasteiger partial charge in [0, 0.05) is 12.1 Å². The predicted molar refractivity (Wildman–Crippen MR) is 82.4 cm³/mol. The topological polar surface area (TPSA) is 65.1 Å². The van der Waals surface area contributed by atoms with Crippen molar-refractivity contribution in [3.63, 3.8) is 0 Å². The fraction of sp³-hybridized carbons (Fsp3) is 0.308. The number of benzene rings is 1. The quantitative estimate of drug-likeness (QED) is 0.614. The number of methoxy groups -OCH3 is 1. The number of nitrogens with one attached hydrogen (secondary N) is 1. The van der Waals surface area contributed by atoms with Crippen LogP contribution >= 0.6 is 27.5 Å². The maximum Gasteiger partial charge on any atom is 0.0904 e. The monoisotopic (exact) mass is 358 g/mol. The Hall–Kier alpha value is -0.920. The third-order valence-electron chi connectivity index (χ3n) is 3.00. The van der Waals surface area contributed by atoms with E-state index in [0.29, 0.717) is 18.2 Å². The summed E-state index contributed by atoms with van der Waals surface area (Å²) in [5, 5.41) is 4.98. The number of nitrogens with two attached hydrogens (primary N) is 1. The van der Waals surface area contributed by atoms with E-state index in [1.54, 1.807) is 13.3 Å². The van der Waals surface area contributed by atoms with E-state index < -0.39 is 0 Å². The van der Waals surface area contributed by atoms with Gasteiger partial charge in [-0.05, 0) is 27.6 Å². The fourth-order valence-corrected chi connectivity index (χ4v) is 2.81. The Morgan fingerprint density at radius 1 is 1.50 bits per heavy atom. The lowest BCUT2D eigenvalue weighted by molar-refractivity contribution is 0.182. The van der Waals surface area contributed by atoms with E-state index in [0.717, 1.165) is 15.7 Å². The van der Waals surface area contributed by atoms with Gasteiger partial charge in [-0.2, -0.15) is 5.10 Å². The zero-order chi connectivity index (χ0) is 14.5. The van der Waals surface area contributed by atoms with Crippen molar-refractivity contribution in [1.29, 1.82) is 0 Å². The third-order valence-corrected chi connectivity index (χ3v) is 3.95. The van der Waals surface area contributed by atoms with Crippen molar-refractivity contribution in [2.75, 3.05) is 13.7 Å². The average molecular weight is 360 g/mol. The van der Waals surface area contributed by atoms with Crippen molar-refractivity contribution in [2.24, 2.45) is 5.84 Å². The summed E-state index contributed by atoms with van der Waals surface area (Å²) in [5.74, 6) is 5.73. The normalized spacial score (nSPS) is 12.6. The molecule has 0 bridgehead atoms. The van der Waals surface area contributed by atoms with Gasteiger partial charge in [0.05, 0.1) is 35.6 Å². The van der Waals surface area contributed by atoms with Crippen molar-refractivity contribution in [3.05, 3.63) is 51.2 Å². The second-order valence-electron chi connectivity index (χ2n) is 4.21. The Morgan fingerprint density at radius 3 is 2.90 bits per heavy atom. The van der Waals surface area contributed by atoms with Gasteiger partial charge in [0.25, 0.3) is 0 Å². The molecule has 0 saturated heterocycles. The van der Waals surface area contributed by atoms with Gasteiger partial charge in [-0.3, -0.25) is 10.5 Å². The molecule has 1 heterocycles. The second kappa shape index (κ2) is 7.19. The van der Waals surface area contributed by atoms with E-state index in [-0.39, 0.29) is 6.04 Å². The molecule has 0 amide bonds. The summed E-state index contributed by atoms with van der Waals surface area (Å²) < 4.78 is 7.82. The third kappa shape index (κ3) is 3.21. The summed E-state index contributed by atoms with van der Waals surface area (Å²) in [4.78, 5) is 0. The highest BCUT2D eigenvalue weighted by atomic mass is 79.9. The number of hydrogen-bond acceptors (Lipinski definition) is 4. The summed E-state index contributed by atoms with van der Waals surface area (Å²) >= 11 is 9.77. The molecule has 1 unspecified atom stereocenters. The van der Waals surface area contributed by atoms with Crippen LogP contribution in [0.5, 0.6) is 0 Å². The molecule has 0 radical (unpaired) electrons. The first-order valence-corrected chi connectivity index (χ1v) is 7.26. The lowest BCUT2D eigenvalue weighted by atomic mass is 10.0. The lowest BCUT2D eigenvalue weighted by Gasteiger charge is -2.20. The first-order chi connectivity index (χ1) is 9.69. The van der Waals surface area contributed by atoms with E-state index in [1.807, 2.05) is 28.9 Å². The maximum atomic E-state index is 6.26. The second-order valence-corrected chi connectivity index (χ2v) is 5.48.